The van der Waals surface area contributed by atoms with E-state index < -0.39 is 0 Å². The molecule has 3 nitrogen and oxygen atoms in total. The molecular formula is C22H26N2O. The third-order valence-corrected chi connectivity index (χ3v) is 5.55. The number of benzene rings is 2. The van der Waals surface area contributed by atoms with E-state index in [1.165, 1.54) is 37.9 Å². The number of hydrogen-bond donors (Lipinski definition) is 1. The lowest BCUT2D eigenvalue weighted by molar-refractivity contribution is -0.118. The highest BCUT2D eigenvalue weighted by Crippen LogP contribution is 2.48. The van der Waals surface area contributed by atoms with Crippen LogP contribution >= 0.6 is 0 Å². The van der Waals surface area contributed by atoms with Gasteiger partial charge in [-0.05, 0) is 62.0 Å². The Morgan fingerprint density at radius 1 is 0.960 bits per heavy atom. The maximum Gasteiger partial charge on any atom is 0.235 e. The first-order chi connectivity index (χ1) is 12.3. The standard InChI is InChI=1S/C22H26N2O/c25-21(22(12-13-22)19-9-3-1-4-10-19)23-20-11-7-8-18(16-20)17-24-14-5-2-6-15-24/h1,3-4,7-11,16H,2,5-6,12-15,17H2,(H,23,25). The predicted molar refractivity (Wildman–Crippen MR) is 102 cm³/mol. The molecule has 1 saturated carbocycles. The van der Waals surface area contributed by atoms with Crippen LogP contribution in [0, 0.1) is 0 Å². The molecule has 1 N–H and O–H groups in total. The first-order valence-electron chi connectivity index (χ1n) is 9.45. The van der Waals surface area contributed by atoms with Gasteiger partial charge in [0.05, 0.1) is 5.41 Å². The van der Waals surface area contributed by atoms with Gasteiger partial charge in [0, 0.05) is 12.2 Å². The number of nitrogens with one attached hydrogen (secondary N) is 1. The topological polar surface area (TPSA) is 32.3 Å². The maximum atomic E-state index is 12.9. The summed E-state index contributed by atoms with van der Waals surface area (Å²) in [6, 6.07) is 18.5. The summed E-state index contributed by atoms with van der Waals surface area (Å²) in [5.41, 5.74) is 3.02. The van der Waals surface area contributed by atoms with Gasteiger partial charge in [-0.3, -0.25) is 9.69 Å². The van der Waals surface area contributed by atoms with E-state index in [2.05, 4.69) is 40.5 Å². The van der Waals surface area contributed by atoms with Gasteiger partial charge in [0.2, 0.25) is 5.91 Å². The van der Waals surface area contributed by atoms with Crippen molar-refractivity contribution in [2.75, 3.05) is 18.4 Å². The van der Waals surface area contributed by atoms with E-state index >= 15 is 0 Å². The van der Waals surface area contributed by atoms with Crippen LogP contribution < -0.4 is 5.32 Å². The third-order valence-electron chi connectivity index (χ3n) is 5.55. The quantitative estimate of drug-likeness (QED) is 0.882. The van der Waals surface area contributed by atoms with Crippen molar-refractivity contribution in [3.8, 4) is 0 Å². The molecule has 0 spiro atoms. The smallest absolute Gasteiger partial charge is 0.235 e. The highest BCUT2D eigenvalue weighted by Gasteiger charge is 2.51. The summed E-state index contributed by atoms with van der Waals surface area (Å²) >= 11 is 0. The van der Waals surface area contributed by atoms with E-state index in [9.17, 15) is 4.79 Å². The Hall–Kier alpha value is -2.13. The van der Waals surface area contributed by atoms with Crippen LogP contribution in [-0.2, 0) is 16.8 Å². The van der Waals surface area contributed by atoms with E-state index in [-0.39, 0.29) is 11.3 Å². The molecule has 2 fully saturated rings. The fraction of sp³-hybridized carbons (Fsp3) is 0.409. The van der Waals surface area contributed by atoms with E-state index in [4.69, 9.17) is 0 Å². The molecule has 2 aliphatic rings. The van der Waals surface area contributed by atoms with E-state index in [0.717, 1.165) is 30.6 Å². The number of anilines is 1. The van der Waals surface area contributed by atoms with Crippen LogP contribution in [-0.4, -0.2) is 23.9 Å². The van der Waals surface area contributed by atoms with Crippen molar-refractivity contribution in [1.29, 1.82) is 0 Å². The van der Waals surface area contributed by atoms with Gasteiger partial charge in [0.25, 0.3) is 0 Å². The van der Waals surface area contributed by atoms with E-state index in [1.807, 2.05) is 24.3 Å². The second-order valence-corrected chi connectivity index (χ2v) is 7.44. The maximum absolute atomic E-state index is 12.9. The van der Waals surface area contributed by atoms with Gasteiger partial charge >= 0.3 is 0 Å². The normalized spacial score (nSPS) is 19.4. The summed E-state index contributed by atoms with van der Waals surface area (Å²) in [7, 11) is 0. The van der Waals surface area contributed by atoms with Crippen molar-refractivity contribution in [2.24, 2.45) is 0 Å². The molecule has 130 valence electrons. The molecule has 1 aliphatic carbocycles. The van der Waals surface area contributed by atoms with Crippen molar-refractivity contribution in [3.63, 3.8) is 0 Å². The summed E-state index contributed by atoms with van der Waals surface area (Å²) in [4.78, 5) is 15.4. The number of piperidine rings is 1. The van der Waals surface area contributed by atoms with Crippen LogP contribution in [0.2, 0.25) is 0 Å². The molecule has 2 aromatic rings. The van der Waals surface area contributed by atoms with Gasteiger partial charge in [0.15, 0.2) is 0 Å². The fourth-order valence-electron chi connectivity index (χ4n) is 3.90. The van der Waals surface area contributed by atoms with Crippen molar-refractivity contribution in [2.45, 2.75) is 44.1 Å². The minimum Gasteiger partial charge on any atom is -0.325 e. The lowest BCUT2D eigenvalue weighted by Gasteiger charge is -2.26. The number of carbonyl (C=O) groups is 1. The molecular weight excluding hydrogens is 308 g/mol. The largest absolute Gasteiger partial charge is 0.325 e. The minimum absolute atomic E-state index is 0.133. The van der Waals surface area contributed by atoms with Gasteiger partial charge in [0.1, 0.15) is 0 Å². The number of likely N-dealkylation sites (tertiary alicyclic amines) is 1. The van der Waals surface area contributed by atoms with Crippen molar-refractivity contribution < 1.29 is 4.79 Å². The Morgan fingerprint density at radius 3 is 2.44 bits per heavy atom. The summed E-state index contributed by atoms with van der Waals surface area (Å²) in [6.45, 7) is 3.36. The monoisotopic (exact) mass is 334 g/mol. The molecule has 2 aromatic carbocycles. The summed E-state index contributed by atoms with van der Waals surface area (Å²) in [5.74, 6) is 0.133. The molecule has 1 saturated heterocycles. The molecule has 3 heteroatoms. The third kappa shape index (κ3) is 3.62. The van der Waals surface area contributed by atoms with Gasteiger partial charge in [-0.25, -0.2) is 0 Å². The second-order valence-electron chi connectivity index (χ2n) is 7.44. The molecule has 1 amide bonds. The molecule has 0 unspecified atom stereocenters. The summed E-state index contributed by atoms with van der Waals surface area (Å²) in [6.07, 6.45) is 5.84. The molecule has 1 aliphatic heterocycles. The fourth-order valence-corrected chi connectivity index (χ4v) is 3.90. The summed E-state index contributed by atoms with van der Waals surface area (Å²) < 4.78 is 0. The first kappa shape index (κ1) is 16.3. The van der Waals surface area contributed by atoms with Crippen LogP contribution in [0.1, 0.15) is 43.2 Å². The lowest BCUT2D eigenvalue weighted by Crippen LogP contribution is -2.29. The first-order valence-corrected chi connectivity index (χ1v) is 9.45. The van der Waals surface area contributed by atoms with Crippen LogP contribution in [0.4, 0.5) is 5.69 Å². The minimum atomic E-state index is -0.315. The van der Waals surface area contributed by atoms with Crippen LogP contribution in [0.15, 0.2) is 54.6 Å². The van der Waals surface area contributed by atoms with E-state index in [1.54, 1.807) is 0 Å². The van der Waals surface area contributed by atoms with E-state index in [0.29, 0.717) is 0 Å². The Bertz CT molecular complexity index is 731. The van der Waals surface area contributed by atoms with Crippen molar-refractivity contribution >= 4 is 11.6 Å². The Labute approximate surface area is 150 Å². The summed E-state index contributed by atoms with van der Waals surface area (Å²) in [5, 5.41) is 3.16. The number of amides is 1. The average molecular weight is 334 g/mol. The molecule has 4 rings (SSSR count). The molecule has 0 bridgehead atoms. The number of carbonyl (C=O) groups excluding carboxylic acids is 1. The average Bonchev–Trinajstić information content (AvgIpc) is 3.46. The molecule has 0 aromatic heterocycles. The lowest BCUT2D eigenvalue weighted by atomic mass is 9.95. The molecule has 0 atom stereocenters. The van der Waals surface area contributed by atoms with Crippen LogP contribution in [0.5, 0.6) is 0 Å². The number of rotatable bonds is 5. The van der Waals surface area contributed by atoms with Crippen molar-refractivity contribution in [1.82, 2.24) is 4.90 Å². The van der Waals surface area contributed by atoms with Crippen LogP contribution in [0.3, 0.4) is 0 Å². The van der Waals surface area contributed by atoms with Crippen LogP contribution in [0.25, 0.3) is 0 Å². The predicted octanol–water partition coefficient (Wildman–Crippen LogP) is 4.34. The van der Waals surface area contributed by atoms with Gasteiger partial charge in [-0.2, -0.15) is 0 Å². The molecule has 0 radical (unpaired) electrons. The van der Waals surface area contributed by atoms with Gasteiger partial charge in [-0.15, -0.1) is 0 Å². The molecule has 25 heavy (non-hydrogen) atoms. The van der Waals surface area contributed by atoms with Gasteiger partial charge < -0.3 is 5.32 Å². The number of nitrogens with zero attached hydrogens (tertiary/aromatic N) is 1. The highest BCUT2D eigenvalue weighted by molar-refractivity contribution is 6.01. The van der Waals surface area contributed by atoms with Crippen molar-refractivity contribution in [3.05, 3.63) is 65.7 Å². The zero-order valence-corrected chi connectivity index (χ0v) is 14.7. The Balaban J connectivity index is 1.44. The zero-order chi connectivity index (χ0) is 17.1. The Kier molecular flexibility index (Phi) is 4.58. The number of hydrogen-bond acceptors (Lipinski definition) is 2. The van der Waals surface area contributed by atoms with Gasteiger partial charge in [-0.1, -0.05) is 48.9 Å². The highest BCUT2D eigenvalue weighted by atomic mass is 16.2. The molecule has 1 heterocycles. The second kappa shape index (κ2) is 7.01. The SMILES string of the molecule is O=C(Nc1cccc(CN2CCCCC2)c1)C1(c2ccccc2)CC1. The zero-order valence-electron chi connectivity index (χ0n) is 14.7. The Morgan fingerprint density at radius 2 is 1.72 bits per heavy atom.